The fraction of sp³-hybridized carbons (Fsp3) is 0.471. The third-order valence-electron chi connectivity index (χ3n) is 4.32. The van der Waals surface area contributed by atoms with Crippen LogP contribution in [0.5, 0.6) is 5.75 Å². The highest BCUT2D eigenvalue weighted by Crippen LogP contribution is 2.32. The Kier molecular flexibility index (Phi) is 4.87. The van der Waals surface area contributed by atoms with E-state index in [4.69, 9.17) is 4.74 Å². The predicted molar refractivity (Wildman–Crippen MR) is 85.6 cm³/mol. The van der Waals surface area contributed by atoms with E-state index >= 15 is 0 Å². The first-order chi connectivity index (χ1) is 11.9. The molecular formula is C17H20FN3O4. The molecule has 134 valence electrons. The Balaban J connectivity index is 1.44. The number of hydrogen-bond acceptors (Lipinski definition) is 4. The number of hydrazine groups is 1. The summed E-state index contributed by atoms with van der Waals surface area (Å²) in [6.45, 7) is 1.91. The van der Waals surface area contributed by atoms with Crippen LogP contribution in [0.3, 0.4) is 0 Å². The quantitative estimate of drug-likeness (QED) is 0.768. The molecule has 2 N–H and O–H groups in total. The molecule has 0 spiro atoms. The maximum absolute atomic E-state index is 12.8. The summed E-state index contributed by atoms with van der Waals surface area (Å²) in [6, 6.07) is 5.56. The molecule has 1 aromatic carbocycles. The molecule has 1 aliphatic carbocycles. The van der Waals surface area contributed by atoms with E-state index in [2.05, 4.69) is 10.9 Å². The van der Waals surface area contributed by atoms with Crippen molar-refractivity contribution in [2.75, 3.05) is 6.54 Å². The minimum absolute atomic E-state index is 0.0120. The first-order valence-corrected chi connectivity index (χ1v) is 8.25. The summed E-state index contributed by atoms with van der Waals surface area (Å²) in [7, 11) is 0. The van der Waals surface area contributed by atoms with Crippen LogP contribution in [-0.2, 0) is 14.4 Å². The Bertz CT molecular complexity index is 675. The number of likely N-dealkylation sites (tertiary alicyclic amines) is 1. The Morgan fingerprint density at radius 1 is 1.24 bits per heavy atom. The fourth-order valence-corrected chi connectivity index (χ4v) is 2.74. The number of nitrogens with zero attached hydrogens (tertiary/aromatic N) is 1. The minimum Gasteiger partial charge on any atom is -0.481 e. The van der Waals surface area contributed by atoms with Crippen LogP contribution in [-0.4, -0.2) is 41.3 Å². The zero-order valence-electron chi connectivity index (χ0n) is 13.8. The summed E-state index contributed by atoms with van der Waals surface area (Å²) in [5.74, 6) is -1.46. The van der Waals surface area contributed by atoms with Gasteiger partial charge in [0.15, 0.2) is 6.10 Å². The SMILES string of the molecule is C[C@@H](Oc1ccc(F)cc1)C(=O)NNC(=O)[C@H]1CC(=O)N(C2CC2)C1. The van der Waals surface area contributed by atoms with Crippen molar-refractivity contribution in [3.05, 3.63) is 30.1 Å². The van der Waals surface area contributed by atoms with Crippen molar-refractivity contribution in [3.63, 3.8) is 0 Å². The molecule has 1 aromatic rings. The van der Waals surface area contributed by atoms with E-state index < -0.39 is 23.7 Å². The van der Waals surface area contributed by atoms with Gasteiger partial charge in [0.2, 0.25) is 11.8 Å². The van der Waals surface area contributed by atoms with E-state index in [1.54, 1.807) is 4.90 Å². The number of ether oxygens (including phenoxy) is 1. The smallest absolute Gasteiger partial charge is 0.279 e. The molecule has 3 rings (SSSR count). The number of nitrogens with one attached hydrogen (secondary N) is 2. The molecule has 3 amide bonds. The Morgan fingerprint density at radius 2 is 1.92 bits per heavy atom. The van der Waals surface area contributed by atoms with Crippen molar-refractivity contribution in [1.29, 1.82) is 0 Å². The first kappa shape index (κ1) is 17.2. The number of carbonyl (C=O) groups excluding carboxylic acids is 3. The van der Waals surface area contributed by atoms with Gasteiger partial charge < -0.3 is 9.64 Å². The van der Waals surface area contributed by atoms with Crippen LogP contribution < -0.4 is 15.6 Å². The van der Waals surface area contributed by atoms with Gasteiger partial charge in [-0.25, -0.2) is 4.39 Å². The molecule has 1 aliphatic heterocycles. The zero-order chi connectivity index (χ0) is 18.0. The molecule has 8 heteroatoms. The molecule has 25 heavy (non-hydrogen) atoms. The summed E-state index contributed by atoms with van der Waals surface area (Å²) < 4.78 is 18.2. The number of benzene rings is 1. The van der Waals surface area contributed by atoms with Crippen molar-refractivity contribution in [2.24, 2.45) is 5.92 Å². The summed E-state index contributed by atoms with van der Waals surface area (Å²) >= 11 is 0. The minimum atomic E-state index is -0.876. The topological polar surface area (TPSA) is 87.7 Å². The second-order valence-corrected chi connectivity index (χ2v) is 6.37. The summed E-state index contributed by atoms with van der Waals surface area (Å²) in [6.07, 6.45) is 1.28. The third kappa shape index (κ3) is 4.26. The van der Waals surface area contributed by atoms with E-state index in [9.17, 15) is 18.8 Å². The molecule has 0 radical (unpaired) electrons. The van der Waals surface area contributed by atoms with Crippen LogP contribution in [0.1, 0.15) is 26.2 Å². The van der Waals surface area contributed by atoms with Crippen molar-refractivity contribution < 1.29 is 23.5 Å². The summed E-state index contributed by atoms with van der Waals surface area (Å²) in [5.41, 5.74) is 4.64. The van der Waals surface area contributed by atoms with Gasteiger partial charge in [-0.2, -0.15) is 0 Å². The van der Waals surface area contributed by atoms with Gasteiger partial charge in [-0.3, -0.25) is 25.2 Å². The van der Waals surface area contributed by atoms with Crippen molar-refractivity contribution in [3.8, 4) is 5.75 Å². The normalized spacial score (nSPS) is 21.0. The molecule has 2 fully saturated rings. The van der Waals surface area contributed by atoms with Gasteiger partial charge in [0.25, 0.3) is 5.91 Å². The molecule has 1 saturated carbocycles. The van der Waals surface area contributed by atoms with E-state index in [0.29, 0.717) is 12.3 Å². The third-order valence-corrected chi connectivity index (χ3v) is 4.32. The molecule has 7 nitrogen and oxygen atoms in total. The van der Waals surface area contributed by atoms with Crippen LogP contribution in [0.2, 0.25) is 0 Å². The molecule has 0 aromatic heterocycles. The number of amides is 3. The molecular weight excluding hydrogens is 329 g/mol. The van der Waals surface area contributed by atoms with Gasteiger partial charge in [-0.1, -0.05) is 0 Å². The predicted octanol–water partition coefficient (Wildman–Crippen LogP) is 0.751. The Hall–Kier alpha value is -2.64. The van der Waals surface area contributed by atoms with Crippen LogP contribution in [0, 0.1) is 11.7 Å². The maximum Gasteiger partial charge on any atom is 0.279 e. The molecule has 0 unspecified atom stereocenters. The zero-order valence-corrected chi connectivity index (χ0v) is 13.8. The molecule has 0 bridgehead atoms. The molecule has 2 atom stereocenters. The van der Waals surface area contributed by atoms with Crippen LogP contribution >= 0.6 is 0 Å². The van der Waals surface area contributed by atoms with Gasteiger partial charge in [-0.15, -0.1) is 0 Å². The summed E-state index contributed by atoms with van der Waals surface area (Å²) in [4.78, 5) is 37.7. The van der Waals surface area contributed by atoms with E-state index in [1.165, 1.54) is 31.2 Å². The van der Waals surface area contributed by atoms with Gasteiger partial charge in [-0.05, 0) is 44.0 Å². The average molecular weight is 349 g/mol. The lowest BCUT2D eigenvalue weighted by Gasteiger charge is -2.17. The standard InChI is InChI=1S/C17H20FN3O4/c1-10(25-14-6-2-12(18)3-7-14)16(23)19-20-17(24)11-8-15(22)21(9-11)13-4-5-13/h2-3,6-7,10-11,13H,4-5,8-9H2,1H3,(H,19,23)(H,20,24)/t10-,11+/m1/s1. The molecule has 2 aliphatic rings. The Morgan fingerprint density at radius 3 is 2.56 bits per heavy atom. The van der Waals surface area contributed by atoms with Gasteiger partial charge >= 0.3 is 0 Å². The largest absolute Gasteiger partial charge is 0.481 e. The maximum atomic E-state index is 12.8. The second kappa shape index (κ2) is 7.08. The number of carbonyl (C=O) groups is 3. The summed E-state index contributed by atoms with van der Waals surface area (Å²) in [5, 5.41) is 0. The highest BCUT2D eigenvalue weighted by atomic mass is 19.1. The lowest BCUT2D eigenvalue weighted by Crippen LogP contribution is -2.49. The lowest BCUT2D eigenvalue weighted by molar-refractivity contribution is -0.134. The fourth-order valence-electron chi connectivity index (χ4n) is 2.74. The highest BCUT2D eigenvalue weighted by molar-refractivity contribution is 5.91. The van der Waals surface area contributed by atoms with Crippen molar-refractivity contribution >= 4 is 17.7 Å². The van der Waals surface area contributed by atoms with Gasteiger partial charge in [0.1, 0.15) is 11.6 Å². The first-order valence-electron chi connectivity index (χ1n) is 8.25. The van der Waals surface area contributed by atoms with Gasteiger partial charge in [0.05, 0.1) is 5.92 Å². The Labute approximate surface area is 144 Å². The van der Waals surface area contributed by atoms with Crippen molar-refractivity contribution in [2.45, 2.75) is 38.3 Å². The van der Waals surface area contributed by atoms with Crippen LogP contribution in [0.25, 0.3) is 0 Å². The average Bonchev–Trinajstić information content (AvgIpc) is 3.36. The molecule has 1 heterocycles. The van der Waals surface area contributed by atoms with E-state index in [0.717, 1.165) is 12.8 Å². The van der Waals surface area contributed by atoms with E-state index in [1.807, 2.05) is 0 Å². The monoisotopic (exact) mass is 349 g/mol. The highest BCUT2D eigenvalue weighted by Gasteiger charge is 2.41. The number of rotatable bonds is 5. The molecule has 1 saturated heterocycles. The van der Waals surface area contributed by atoms with E-state index in [-0.39, 0.29) is 24.3 Å². The second-order valence-electron chi connectivity index (χ2n) is 6.37. The van der Waals surface area contributed by atoms with Crippen molar-refractivity contribution in [1.82, 2.24) is 15.8 Å². The van der Waals surface area contributed by atoms with Crippen LogP contribution in [0.4, 0.5) is 4.39 Å². The lowest BCUT2D eigenvalue weighted by atomic mass is 10.1. The van der Waals surface area contributed by atoms with Gasteiger partial charge in [0, 0.05) is 19.0 Å². The number of hydrogen-bond donors (Lipinski definition) is 2. The van der Waals surface area contributed by atoms with Crippen LogP contribution in [0.15, 0.2) is 24.3 Å². The number of halogens is 1.